The molecule has 1 N–H and O–H groups in total. The van der Waals surface area contributed by atoms with E-state index in [-0.39, 0.29) is 12.0 Å². The third-order valence-electron chi connectivity index (χ3n) is 4.48. The average molecular weight is 283 g/mol. The molecule has 1 aliphatic heterocycles. The lowest BCUT2D eigenvalue weighted by Crippen LogP contribution is -2.40. The maximum Gasteiger partial charge on any atom is 0.308 e. The quantitative estimate of drug-likeness (QED) is 0.855. The maximum absolute atomic E-state index is 12.3. The Labute approximate surface area is 120 Å². The summed E-state index contributed by atoms with van der Waals surface area (Å²) in [5.74, 6) is -0.623. The number of hydrogen-bond donors (Lipinski definition) is 1. The van der Waals surface area contributed by atoms with Crippen LogP contribution in [0.15, 0.2) is 0 Å². The molecule has 1 amide bonds. The molecular formula is C15H25NO4. The van der Waals surface area contributed by atoms with E-state index in [9.17, 15) is 9.59 Å². The lowest BCUT2D eigenvalue weighted by Gasteiger charge is -2.30. The number of carboxylic acid groups (broad SMARTS) is 1. The van der Waals surface area contributed by atoms with Crippen LogP contribution in [0.25, 0.3) is 0 Å². The van der Waals surface area contributed by atoms with Gasteiger partial charge in [-0.3, -0.25) is 9.59 Å². The van der Waals surface area contributed by atoms with E-state index in [2.05, 4.69) is 6.92 Å². The van der Waals surface area contributed by atoms with Crippen LogP contribution in [0.2, 0.25) is 0 Å². The van der Waals surface area contributed by atoms with Crippen molar-refractivity contribution < 1.29 is 19.4 Å². The Kier molecular flexibility index (Phi) is 5.02. The van der Waals surface area contributed by atoms with Gasteiger partial charge in [0.1, 0.15) is 6.10 Å². The summed E-state index contributed by atoms with van der Waals surface area (Å²) in [5, 5.41) is 8.97. The van der Waals surface area contributed by atoms with Crippen LogP contribution in [0.3, 0.4) is 0 Å². The van der Waals surface area contributed by atoms with Gasteiger partial charge >= 0.3 is 5.97 Å². The van der Waals surface area contributed by atoms with Gasteiger partial charge < -0.3 is 14.7 Å². The van der Waals surface area contributed by atoms with E-state index in [0.29, 0.717) is 25.4 Å². The number of aliphatic carboxylic acids is 1. The molecule has 0 radical (unpaired) electrons. The van der Waals surface area contributed by atoms with Crippen LogP contribution in [0.5, 0.6) is 0 Å². The molecule has 0 spiro atoms. The fourth-order valence-electron chi connectivity index (χ4n) is 3.27. The average Bonchev–Trinajstić information content (AvgIpc) is 2.87. The number of ether oxygens (including phenoxy) is 1. The van der Waals surface area contributed by atoms with Crippen LogP contribution >= 0.6 is 0 Å². The van der Waals surface area contributed by atoms with Crippen molar-refractivity contribution in [1.29, 1.82) is 0 Å². The summed E-state index contributed by atoms with van der Waals surface area (Å²) in [4.78, 5) is 24.8. The van der Waals surface area contributed by atoms with Gasteiger partial charge in [0, 0.05) is 13.1 Å². The third-order valence-corrected chi connectivity index (χ3v) is 4.48. The predicted molar refractivity (Wildman–Crippen MR) is 74.3 cm³/mol. The zero-order valence-corrected chi connectivity index (χ0v) is 12.4. The number of carbonyl (C=O) groups excluding carboxylic acids is 1. The fourth-order valence-corrected chi connectivity index (χ4v) is 3.27. The normalized spacial score (nSPS) is 32.1. The van der Waals surface area contributed by atoms with Gasteiger partial charge in [-0.05, 0) is 32.1 Å². The van der Waals surface area contributed by atoms with Gasteiger partial charge in [0.25, 0.3) is 5.91 Å². The van der Waals surface area contributed by atoms with Gasteiger partial charge in [-0.25, -0.2) is 0 Å². The minimum Gasteiger partial charge on any atom is -0.481 e. The minimum atomic E-state index is -0.810. The van der Waals surface area contributed by atoms with Gasteiger partial charge in [0.2, 0.25) is 0 Å². The highest BCUT2D eigenvalue weighted by Gasteiger charge is 2.34. The van der Waals surface area contributed by atoms with E-state index in [1.54, 1.807) is 11.8 Å². The fraction of sp³-hybridized carbons (Fsp3) is 0.867. The number of carboxylic acids is 1. The van der Waals surface area contributed by atoms with Crippen LogP contribution < -0.4 is 0 Å². The second kappa shape index (κ2) is 6.57. The molecule has 2 rings (SSSR count). The van der Waals surface area contributed by atoms with Crippen LogP contribution in [-0.2, 0) is 14.3 Å². The van der Waals surface area contributed by atoms with Gasteiger partial charge in [-0.1, -0.05) is 19.8 Å². The number of likely N-dealkylation sites (tertiary alicyclic amines) is 1. The second-order valence-electron chi connectivity index (χ2n) is 6.28. The van der Waals surface area contributed by atoms with E-state index in [1.165, 1.54) is 6.42 Å². The molecule has 0 aromatic heterocycles. The minimum absolute atomic E-state index is 0.0630. The van der Waals surface area contributed by atoms with Crippen molar-refractivity contribution in [2.24, 2.45) is 11.8 Å². The molecule has 0 bridgehead atoms. The highest BCUT2D eigenvalue weighted by Crippen LogP contribution is 2.27. The molecule has 20 heavy (non-hydrogen) atoms. The van der Waals surface area contributed by atoms with Gasteiger partial charge in [-0.2, -0.15) is 0 Å². The van der Waals surface area contributed by atoms with Crippen molar-refractivity contribution in [3.8, 4) is 0 Å². The number of hydrogen-bond acceptors (Lipinski definition) is 3. The Morgan fingerprint density at radius 1 is 1.30 bits per heavy atom. The van der Waals surface area contributed by atoms with Crippen molar-refractivity contribution in [3.63, 3.8) is 0 Å². The highest BCUT2D eigenvalue weighted by molar-refractivity contribution is 5.82. The van der Waals surface area contributed by atoms with Gasteiger partial charge in [0.15, 0.2) is 0 Å². The standard InChI is InChI=1S/C15H25NO4/c1-10-4-3-5-13(8-10)20-11(2)14(17)16-7-6-12(9-16)15(18)19/h10-13H,3-9H2,1-2H3,(H,18,19)/t10-,11+,12+,13+/m1/s1. The smallest absolute Gasteiger partial charge is 0.308 e. The SMILES string of the molecule is C[C@@H]1CCC[C@H](O[C@@H](C)C(=O)N2CC[C@H](C(=O)O)C2)C1. The third kappa shape index (κ3) is 3.72. The lowest BCUT2D eigenvalue weighted by atomic mass is 9.88. The molecule has 0 aromatic rings. The summed E-state index contributed by atoms with van der Waals surface area (Å²) in [6, 6.07) is 0. The summed E-state index contributed by atoms with van der Waals surface area (Å²) in [6.45, 7) is 4.86. The maximum atomic E-state index is 12.3. The molecular weight excluding hydrogens is 258 g/mol. The molecule has 1 saturated heterocycles. The number of rotatable bonds is 4. The first-order chi connectivity index (χ1) is 9.47. The zero-order valence-electron chi connectivity index (χ0n) is 12.4. The first-order valence-electron chi connectivity index (χ1n) is 7.64. The summed E-state index contributed by atoms with van der Waals surface area (Å²) in [5.41, 5.74) is 0. The molecule has 0 aromatic carbocycles. The Morgan fingerprint density at radius 3 is 2.65 bits per heavy atom. The summed E-state index contributed by atoms with van der Waals surface area (Å²) >= 11 is 0. The molecule has 4 atom stereocenters. The molecule has 114 valence electrons. The van der Waals surface area contributed by atoms with E-state index >= 15 is 0 Å². The number of nitrogens with zero attached hydrogens (tertiary/aromatic N) is 1. The molecule has 0 unspecified atom stereocenters. The highest BCUT2D eigenvalue weighted by atomic mass is 16.5. The molecule has 5 heteroatoms. The van der Waals surface area contributed by atoms with Crippen molar-refractivity contribution in [2.45, 2.75) is 58.2 Å². The Morgan fingerprint density at radius 2 is 2.05 bits per heavy atom. The first-order valence-corrected chi connectivity index (χ1v) is 7.64. The topological polar surface area (TPSA) is 66.8 Å². The molecule has 1 heterocycles. The van der Waals surface area contributed by atoms with E-state index in [0.717, 1.165) is 19.3 Å². The van der Waals surface area contributed by atoms with Crippen molar-refractivity contribution in [2.75, 3.05) is 13.1 Å². The molecule has 1 saturated carbocycles. The van der Waals surface area contributed by atoms with Crippen LogP contribution in [-0.4, -0.2) is 47.2 Å². The van der Waals surface area contributed by atoms with E-state index < -0.39 is 18.0 Å². The number of amides is 1. The van der Waals surface area contributed by atoms with Crippen molar-refractivity contribution in [1.82, 2.24) is 4.90 Å². The summed E-state index contributed by atoms with van der Waals surface area (Å²) < 4.78 is 5.89. The zero-order chi connectivity index (χ0) is 14.7. The molecule has 1 aliphatic carbocycles. The predicted octanol–water partition coefficient (Wildman–Crippen LogP) is 1.90. The van der Waals surface area contributed by atoms with E-state index in [4.69, 9.17) is 9.84 Å². The second-order valence-corrected chi connectivity index (χ2v) is 6.28. The first kappa shape index (κ1) is 15.3. The molecule has 5 nitrogen and oxygen atoms in total. The summed E-state index contributed by atoms with van der Waals surface area (Å²) in [7, 11) is 0. The summed E-state index contributed by atoms with van der Waals surface area (Å²) in [6.07, 6.45) is 4.73. The van der Waals surface area contributed by atoms with Crippen molar-refractivity contribution in [3.05, 3.63) is 0 Å². The monoisotopic (exact) mass is 283 g/mol. The largest absolute Gasteiger partial charge is 0.481 e. The Balaban J connectivity index is 1.81. The van der Waals surface area contributed by atoms with Crippen LogP contribution in [0.4, 0.5) is 0 Å². The molecule has 2 fully saturated rings. The van der Waals surface area contributed by atoms with Gasteiger partial charge in [-0.15, -0.1) is 0 Å². The van der Waals surface area contributed by atoms with Crippen LogP contribution in [0, 0.1) is 11.8 Å². The van der Waals surface area contributed by atoms with Crippen molar-refractivity contribution >= 4 is 11.9 Å². The lowest BCUT2D eigenvalue weighted by molar-refractivity contribution is -0.147. The molecule has 2 aliphatic rings. The van der Waals surface area contributed by atoms with E-state index in [1.807, 2.05) is 0 Å². The van der Waals surface area contributed by atoms with Crippen LogP contribution in [0.1, 0.15) is 46.0 Å². The Bertz CT molecular complexity index is 371. The Hall–Kier alpha value is -1.10. The van der Waals surface area contributed by atoms with Gasteiger partial charge in [0.05, 0.1) is 12.0 Å². The number of carbonyl (C=O) groups is 2.